The molecule has 2 N–H and O–H groups in total. The van der Waals surface area contributed by atoms with Crippen LogP contribution in [0.5, 0.6) is 0 Å². The third-order valence-electron chi connectivity index (χ3n) is 4.21. The molecule has 1 aliphatic rings. The van der Waals surface area contributed by atoms with E-state index in [-0.39, 0.29) is 32.1 Å². The van der Waals surface area contributed by atoms with Gasteiger partial charge in [-0.1, -0.05) is 48.7 Å². The fourth-order valence-corrected chi connectivity index (χ4v) is 3.22. The normalized spacial score (nSPS) is 20.4. The van der Waals surface area contributed by atoms with Gasteiger partial charge in [0, 0.05) is 12.1 Å². The van der Waals surface area contributed by atoms with Crippen LogP contribution in [-0.2, 0) is 4.79 Å². The average Bonchev–Trinajstić information content (AvgIpc) is 3.04. The molecule has 7 nitrogen and oxygen atoms in total. The van der Waals surface area contributed by atoms with Crippen molar-refractivity contribution in [2.24, 2.45) is 17.3 Å². The highest BCUT2D eigenvalue weighted by molar-refractivity contribution is 6.55. The Hall–Kier alpha value is -1.83. The molecule has 10 heteroatoms. The number of hydrogen-bond donors (Lipinski definition) is 2. The first-order valence-electron chi connectivity index (χ1n) is 7.12. The number of nitrogens with one attached hydrogen (secondary N) is 2. The van der Waals surface area contributed by atoms with E-state index in [1.807, 2.05) is 13.8 Å². The van der Waals surface area contributed by atoms with Crippen molar-refractivity contribution >= 4 is 52.3 Å². The molecule has 2 atom stereocenters. The molecule has 0 spiro atoms. The van der Waals surface area contributed by atoms with E-state index < -0.39 is 22.7 Å². The monoisotopic (exact) mass is 405 g/mol. The van der Waals surface area contributed by atoms with Gasteiger partial charge in [-0.2, -0.15) is 0 Å². The quantitative estimate of drug-likeness (QED) is 0.589. The van der Waals surface area contributed by atoms with Crippen molar-refractivity contribution in [1.29, 1.82) is 0 Å². The maximum atomic E-state index is 12.2. The number of carbonyl (C=O) groups excluding carboxylic acids is 2. The van der Waals surface area contributed by atoms with Crippen LogP contribution in [0, 0.1) is 27.4 Å². The fraction of sp³-hybridized carbons (Fsp3) is 0.333. The molecule has 1 aromatic carbocycles. The lowest BCUT2D eigenvalue weighted by Crippen LogP contribution is -2.43. The van der Waals surface area contributed by atoms with Crippen LogP contribution in [0.4, 0.5) is 5.69 Å². The van der Waals surface area contributed by atoms with E-state index in [0.717, 1.165) is 12.1 Å². The van der Waals surface area contributed by atoms with Gasteiger partial charge in [0.25, 0.3) is 11.6 Å². The highest BCUT2D eigenvalue weighted by Crippen LogP contribution is 2.59. The molecule has 1 fully saturated rings. The molecule has 0 radical (unpaired) electrons. The smallest absolute Gasteiger partial charge is 0.271 e. The second-order valence-electron chi connectivity index (χ2n) is 6.15. The van der Waals surface area contributed by atoms with E-state index in [1.165, 1.54) is 6.07 Å². The number of non-ortho nitro benzene ring substituents is 1. The predicted molar refractivity (Wildman–Crippen MR) is 94.3 cm³/mol. The lowest BCUT2D eigenvalue weighted by atomic mass is 10.1. The van der Waals surface area contributed by atoms with Crippen molar-refractivity contribution in [2.75, 3.05) is 0 Å². The summed E-state index contributed by atoms with van der Waals surface area (Å²) in [5.74, 6) is -1.62. The van der Waals surface area contributed by atoms with Gasteiger partial charge in [0.05, 0.1) is 21.4 Å². The van der Waals surface area contributed by atoms with E-state index in [4.69, 9.17) is 34.8 Å². The number of nitro benzene ring substituents is 1. The van der Waals surface area contributed by atoms with Crippen LogP contribution in [0.1, 0.15) is 24.2 Å². The number of halogens is 3. The molecule has 25 heavy (non-hydrogen) atoms. The first-order valence-corrected chi connectivity index (χ1v) is 8.26. The molecule has 0 aromatic heterocycles. The number of carbonyl (C=O) groups is 2. The molecular weight excluding hydrogens is 393 g/mol. The molecule has 2 unspecified atom stereocenters. The topological polar surface area (TPSA) is 101 Å². The van der Waals surface area contributed by atoms with E-state index in [9.17, 15) is 19.7 Å². The Morgan fingerprint density at radius 1 is 1.28 bits per heavy atom. The van der Waals surface area contributed by atoms with Gasteiger partial charge >= 0.3 is 0 Å². The lowest BCUT2D eigenvalue weighted by Gasteiger charge is -2.09. The molecule has 1 aliphatic carbocycles. The van der Waals surface area contributed by atoms with E-state index in [2.05, 4.69) is 10.9 Å². The molecule has 1 saturated carbocycles. The summed E-state index contributed by atoms with van der Waals surface area (Å²) in [5.41, 5.74) is 3.99. The number of nitro groups is 1. The zero-order chi connectivity index (χ0) is 18.9. The molecule has 0 bridgehead atoms. The maximum absolute atomic E-state index is 12.2. The average molecular weight is 407 g/mol. The van der Waals surface area contributed by atoms with Gasteiger partial charge in [-0.25, -0.2) is 0 Å². The molecule has 2 rings (SSSR count). The Bertz CT molecular complexity index is 775. The number of rotatable bonds is 4. The van der Waals surface area contributed by atoms with Crippen LogP contribution < -0.4 is 10.9 Å². The summed E-state index contributed by atoms with van der Waals surface area (Å²) < 4.78 is 0.0788. The van der Waals surface area contributed by atoms with Gasteiger partial charge in [0.1, 0.15) is 4.49 Å². The van der Waals surface area contributed by atoms with Crippen LogP contribution in [0.3, 0.4) is 0 Å². The van der Waals surface area contributed by atoms with Gasteiger partial charge in [-0.05, 0) is 23.5 Å². The first-order chi connectivity index (χ1) is 11.6. The molecular formula is C15H14Cl3N3O4. The third-order valence-corrected chi connectivity index (χ3v) is 4.77. The minimum atomic E-state index is -0.686. The Morgan fingerprint density at radius 3 is 2.44 bits per heavy atom. The number of hydrogen-bond acceptors (Lipinski definition) is 4. The molecule has 0 aliphatic heterocycles. The molecule has 134 valence electrons. The van der Waals surface area contributed by atoms with Gasteiger partial charge in [0.15, 0.2) is 0 Å². The maximum Gasteiger partial charge on any atom is 0.271 e. The van der Waals surface area contributed by atoms with Gasteiger partial charge in [-0.15, -0.1) is 0 Å². The number of nitrogens with zero attached hydrogens (tertiary/aromatic N) is 1. The van der Waals surface area contributed by atoms with Crippen molar-refractivity contribution in [3.63, 3.8) is 0 Å². The second kappa shape index (κ2) is 7.19. The van der Waals surface area contributed by atoms with E-state index in [0.29, 0.717) is 0 Å². The fourth-order valence-electron chi connectivity index (χ4n) is 2.69. The number of amides is 2. The van der Waals surface area contributed by atoms with Gasteiger partial charge in [0.2, 0.25) is 5.91 Å². The summed E-state index contributed by atoms with van der Waals surface area (Å²) in [4.78, 5) is 34.3. The van der Waals surface area contributed by atoms with Crippen LogP contribution in [0.25, 0.3) is 0 Å². The number of hydrazine groups is 1. The third kappa shape index (κ3) is 4.23. The van der Waals surface area contributed by atoms with Crippen molar-refractivity contribution in [2.45, 2.75) is 13.8 Å². The molecule has 1 aromatic rings. The Kier molecular flexibility index (Phi) is 5.61. The summed E-state index contributed by atoms with van der Waals surface area (Å²) in [6, 6.07) is 3.42. The Labute approximate surface area is 158 Å². The minimum absolute atomic E-state index is 0.00266. The van der Waals surface area contributed by atoms with Crippen molar-refractivity contribution in [3.05, 3.63) is 49.5 Å². The number of allylic oxidation sites excluding steroid dienone is 1. The highest BCUT2D eigenvalue weighted by atomic mass is 35.5. The Morgan fingerprint density at radius 2 is 1.92 bits per heavy atom. The summed E-state index contributed by atoms with van der Waals surface area (Å²) in [7, 11) is 0. The van der Waals surface area contributed by atoms with E-state index in [1.54, 1.807) is 6.08 Å². The molecule has 0 saturated heterocycles. The van der Waals surface area contributed by atoms with Crippen molar-refractivity contribution in [3.8, 4) is 0 Å². The van der Waals surface area contributed by atoms with Crippen LogP contribution >= 0.6 is 34.8 Å². The van der Waals surface area contributed by atoms with Crippen molar-refractivity contribution < 1.29 is 14.5 Å². The first kappa shape index (κ1) is 19.5. The second-order valence-corrected chi connectivity index (χ2v) is 7.56. The summed E-state index contributed by atoms with van der Waals surface area (Å²) in [5, 5.41) is 10.6. The highest BCUT2D eigenvalue weighted by Gasteiger charge is 2.60. The lowest BCUT2D eigenvalue weighted by molar-refractivity contribution is -0.384. The van der Waals surface area contributed by atoms with Crippen molar-refractivity contribution in [1.82, 2.24) is 10.9 Å². The summed E-state index contributed by atoms with van der Waals surface area (Å²) >= 11 is 17.1. The summed E-state index contributed by atoms with van der Waals surface area (Å²) in [6.07, 6.45) is 1.59. The minimum Gasteiger partial charge on any atom is -0.273 e. The largest absolute Gasteiger partial charge is 0.273 e. The SMILES string of the molecule is CC1(C)C(C=C(Cl)Cl)C1C(=O)NNC(=O)c1ccc([N+](=O)[O-])cc1Cl. The van der Waals surface area contributed by atoms with Crippen LogP contribution in [-0.4, -0.2) is 16.7 Å². The summed E-state index contributed by atoms with van der Waals surface area (Å²) in [6.45, 7) is 3.76. The zero-order valence-corrected chi connectivity index (χ0v) is 15.4. The standard InChI is InChI=1S/C15H14Cl3N3O4/c1-15(2)9(6-11(17)18)12(15)14(23)20-19-13(22)8-4-3-7(21(24)25)5-10(8)16/h3-6,9,12H,1-2H3,(H,19,22)(H,20,23). The molecule has 0 heterocycles. The molecule has 2 amide bonds. The Balaban J connectivity index is 2.00. The van der Waals surface area contributed by atoms with Crippen LogP contribution in [0.2, 0.25) is 5.02 Å². The van der Waals surface area contributed by atoms with Gasteiger partial charge < -0.3 is 0 Å². The van der Waals surface area contributed by atoms with Crippen LogP contribution in [0.15, 0.2) is 28.8 Å². The predicted octanol–water partition coefficient (Wildman–Crippen LogP) is 3.60. The number of benzene rings is 1. The van der Waals surface area contributed by atoms with Gasteiger partial charge in [-0.3, -0.25) is 30.6 Å². The zero-order valence-electron chi connectivity index (χ0n) is 13.2. The van der Waals surface area contributed by atoms with E-state index >= 15 is 0 Å².